The molecule has 0 atom stereocenters. The van der Waals surface area contributed by atoms with Crippen LogP contribution in [0.1, 0.15) is 20.7 Å². The molecule has 0 fully saturated rings. The van der Waals surface area contributed by atoms with Gasteiger partial charge in [-0.2, -0.15) is 0 Å². The minimum absolute atomic E-state index is 0.00843. The van der Waals surface area contributed by atoms with E-state index in [2.05, 4.69) is 4.74 Å². The normalized spacial score (nSPS) is 10.6. The average Bonchev–Trinajstić information content (AvgIpc) is 2.62. The van der Waals surface area contributed by atoms with Gasteiger partial charge < -0.3 is 9.47 Å². The molecule has 144 valence electrons. The molecule has 2 aromatic carbocycles. The summed E-state index contributed by atoms with van der Waals surface area (Å²) in [5, 5.41) is 0.263. The monoisotopic (exact) mass is 428 g/mol. The molecule has 0 aliphatic heterocycles. The molecule has 4 nitrogen and oxygen atoms in total. The number of hydrogen-bond acceptors (Lipinski definition) is 4. The summed E-state index contributed by atoms with van der Waals surface area (Å²) in [7, 11) is 0. The number of esters is 2. The summed E-state index contributed by atoms with van der Waals surface area (Å²) in [5.41, 5.74) is -1.80. The Morgan fingerprint density at radius 2 is 1.26 bits per heavy atom. The smallest absolute Gasteiger partial charge is 0.344 e. The van der Waals surface area contributed by atoms with E-state index in [9.17, 15) is 31.5 Å². The number of benzene rings is 2. The first-order valence-corrected chi connectivity index (χ1v) is 7.71. The zero-order valence-corrected chi connectivity index (χ0v) is 14.4. The molecule has 2 rings (SSSR count). The van der Waals surface area contributed by atoms with E-state index in [4.69, 9.17) is 27.9 Å². The Morgan fingerprint density at radius 1 is 0.778 bits per heavy atom. The van der Waals surface area contributed by atoms with Gasteiger partial charge in [0, 0.05) is 5.02 Å². The van der Waals surface area contributed by atoms with Gasteiger partial charge >= 0.3 is 11.9 Å². The first kappa shape index (κ1) is 20.9. The highest BCUT2D eigenvalue weighted by molar-refractivity contribution is 6.36. The summed E-state index contributed by atoms with van der Waals surface area (Å²) in [5.74, 6) is -14.4. The molecule has 27 heavy (non-hydrogen) atoms. The molecule has 0 aromatic heterocycles. The van der Waals surface area contributed by atoms with E-state index in [1.807, 2.05) is 0 Å². The molecule has 0 aliphatic rings. The van der Waals surface area contributed by atoms with Crippen molar-refractivity contribution in [2.45, 2.75) is 0 Å². The van der Waals surface area contributed by atoms with Gasteiger partial charge in [-0.15, -0.1) is 0 Å². The van der Waals surface area contributed by atoms with Crippen molar-refractivity contribution in [1.82, 2.24) is 0 Å². The van der Waals surface area contributed by atoms with E-state index < -0.39 is 59.8 Å². The van der Waals surface area contributed by atoms with Gasteiger partial charge in [-0.05, 0) is 18.2 Å². The summed E-state index contributed by atoms with van der Waals surface area (Å²) in [6.07, 6.45) is 0. The van der Waals surface area contributed by atoms with Gasteiger partial charge in [-0.1, -0.05) is 23.2 Å². The number of hydrogen-bond donors (Lipinski definition) is 0. The minimum Gasteiger partial charge on any atom is -0.458 e. The van der Waals surface area contributed by atoms with Crippen molar-refractivity contribution in [1.29, 1.82) is 0 Å². The van der Waals surface area contributed by atoms with E-state index >= 15 is 0 Å². The molecule has 0 saturated carbocycles. The standard InChI is InChI=1S/C16H7Cl2F5O4/c17-6-1-2-7(8(18)5-6)15(24)26-3-4-27-16(25)9-10(19)12(21)14(23)13(22)11(9)20/h1-2,5H,3-4H2. The van der Waals surface area contributed by atoms with Gasteiger partial charge in [-0.3, -0.25) is 0 Å². The first-order valence-electron chi connectivity index (χ1n) is 6.95. The van der Waals surface area contributed by atoms with Crippen molar-refractivity contribution in [3.05, 3.63) is 68.5 Å². The van der Waals surface area contributed by atoms with Crippen LogP contribution in [-0.4, -0.2) is 25.2 Å². The first-order chi connectivity index (χ1) is 12.6. The Balaban J connectivity index is 1.98. The third kappa shape index (κ3) is 4.48. The van der Waals surface area contributed by atoms with Crippen LogP contribution in [0.2, 0.25) is 10.0 Å². The molecule has 0 aliphatic carbocycles. The maximum atomic E-state index is 13.5. The zero-order chi connectivity index (χ0) is 20.3. The van der Waals surface area contributed by atoms with Crippen molar-refractivity contribution in [2.75, 3.05) is 13.2 Å². The van der Waals surface area contributed by atoms with E-state index in [0.717, 1.165) is 0 Å². The predicted molar refractivity (Wildman–Crippen MR) is 83.3 cm³/mol. The highest BCUT2D eigenvalue weighted by Gasteiger charge is 2.30. The Bertz CT molecular complexity index is 891. The molecule has 2 aromatic rings. The average molecular weight is 429 g/mol. The Labute approximate surface area is 158 Å². The molecule has 0 spiro atoms. The molecule has 0 heterocycles. The van der Waals surface area contributed by atoms with Crippen LogP contribution in [0.4, 0.5) is 22.0 Å². The number of carbonyl (C=O) groups excluding carboxylic acids is 2. The molecule has 0 saturated heterocycles. The van der Waals surface area contributed by atoms with Gasteiger partial charge in [0.25, 0.3) is 0 Å². The highest BCUT2D eigenvalue weighted by atomic mass is 35.5. The summed E-state index contributed by atoms with van der Waals surface area (Å²) in [6.45, 7) is -1.28. The second kappa shape index (κ2) is 8.53. The van der Waals surface area contributed by atoms with Crippen LogP contribution in [0.5, 0.6) is 0 Å². The van der Waals surface area contributed by atoms with Crippen LogP contribution in [0.3, 0.4) is 0 Å². The van der Waals surface area contributed by atoms with E-state index in [0.29, 0.717) is 0 Å². The Morgan fingerprint density at radius 3 is 1.78 bits per heavy atom. The fourth-order valence-electron chi connectivity index (χ4n) is 1.86. The minimum atomic E-state index is -2.41. The lowest BCUT2D eigenvalue weighted by atomic mass is 10.1. The van der Waals surface area contributed by atoms with Crippen molar-refractivity contribution in [2.24, 2.45) is 0 Å². The third-order valence-corrected chi connectivity index (χ3v) is 3.66. The number of halogens is 7. The second-order valence-corrected chi connectivity index (χ2v) is 5.68. The van der Waals surface area contributed by atoms with Crippen LogP contribution in [0, 0.1) is 29.1 Å². The third-order valence-electron chi connectivity index (χ3n) is 3.11. The van der Waals surface area contributed by atoms with E-state index in [1.165, 1.54) is 18.2 Å². The fraction of sp³-hybridized carbons (Fsp3) is 0.125. The molecule has 11 heteroatoms. The Hall–Kier alpha value is -2.39. The van der Waals surface area contributed by atoms with Crippen LogP contribution in [0.15, 0.2) is 18.2 Å². The Kier molecular flexibility index (Phi) is 6.61. The number of carbonyl (C=O) groups is 2. The highest BCUT2D eigenvalue weighted by Crippen LogP contribution is 2.24. The molecular formula is C16H7Cl2F5O4. The maximum Gasteiger partial charge on any atom is 0.344 e. The van der Waals surface area contributed by atoms with Gasteiger partial charge in [-0.25, -0.2) is 31.5 Å². The topological polar surface area (TPSA) is 52.6 Å². The van der Waals surface area contributed by atoms with Crippen molar-refractivity contribution in [3.8, 4) is 0 Å². The molecule has 0 bridgehead atoms. The summed E-state index contributed by atoms with van der Waals surface area (Å²) >= 11 is 11.5. The number of rotatable bonds is 5. The van der Waals surface area contributed by atoms with Gasteiger partial charge in [0.2, 0.25) is 5.82 Å². The van der Waals surface area contributed by atoms with Crippen LogP contribution >= 0.6 is 23.2 Å². The van der Waals surface area contributed by atoms with Gasteiger partial charge in [0.15, 0.2) is 23.3 Å². The molecule has 0 radical (unpaired) electrons. The fourth-order valence-corrected chi connectivity index (χ4v) is 2.34. The summed E-state index contributed by atoms with van der Waals surface area (Å²) in [6, 6.07) is 3.92. The largest absolute Gasteiger partial charge is 0.458 e. The lowest BCUT2D eigenvalue weighted by Gasteiger charge is -2.09. The van der Waals surface area contributed by atoms with Crippen LogP contribution in [-0.2, 0) is 9.47 Å². The van der Waals surface area contributed by atoms with E-state index in [1.54, 1.807) is 0 Å². The molecule has 0 N–H and O–H groups in total. The van der Waals surface area contributed by atoms with Crippen molar-refractivity contribution >= 4 is 35.1 Å². The van der Waals surface area contributed by atoms with Crippen LogP contribution < -0.4 is 0 Å². The molecule has 0 amide bonds. The van der Waals surface area contributed by atoms with Crippen molar-refractivity contribution < 1.29 is 41.0 Å². The van der Waals surface area contributed by atoms with E-state index in [-0.39, 0.29) is 15.6 Å². The molecular weight excluding hydrogens is 422 g/mol. The van der Waals surface area contributed by atoms with Crippen molar-refractivity contribution in [3.63, 3.8) is 0 Å². The second-order valence-electron chi connectivity index (χ2n) is 4.84. The van der Waals surface area contributed by atoms with Gasteiger partial charge in [0.1, 0.15) is 18.8 Å². The lowest BCUT2D eigenvalue weighted by molar-refractivity contribution is 0.0258. The summed E-state index contributed by atoms with van der Waals surface area (Å²) in [4.78, 5) is 23.3. The number of ether oxygens (including phenoxy) is 2. The lowest BCUT2D eigenvalue weighted by Crippen LogP contribution is -2.18. The maximum absolute atomic E-state index is 13.5. The van der Waals surface area contributed by atoms with Gasteiger partial charge in [0.05, 0.1) is 10.6 Å². The zero-order valence-electron chi connectivity index (χ0n) is 12.9. The molecule has 0 unspecified atom stereocenters. The van der Waals surface area contributed by atoms with Crippen LogP contribution in [0.25, 0.3) is 0 Å². The SMILES string of the molecule is O=C(OCCOC(=O)c1c(F)c(F)c(F)c(F)c1F)c1ccc(Cl)cc1Cl. The quantitative estimate of drug-likeness (QED) is 0.227. The summed E-state index contributed by atoms with van der Waals surface area (Å²) < 4.78 is 75.0. The predicted octanol–water partition coefficient (Wildman–Crippen LogP) is 4.70.